The van der Waals surface area contributed by atoms with Crippen molar-refractivity contribution in [2.45, 2.75) is 0 Å². The summed E-state index contributed by atoms with van der Waals surface area (Å²) in [6.45, 7) is -0.645. The van der Waals surface area contributed by atoms with E-state index in [0.29, 0.717) is 16.4 Å². The maximum Gasteiger partial charge on any atom is 0.342 e. The van der Waals surface area contributed by atoms with Crippen LogP contribution in [0.25, 0.3) is 5.69 Å². The van der Waals surface area contributed by atoms with Crippen LogP contribution in [0, 0.1) is 10.1 Å². The number of anilines is 1. The molecule has 11 nitrogen and oxygen atoms in total. The van der Waals surface area contributed by atoms with E-state index < -0.39 is 23.4 Å². The number of hydrogen-bond donors (Lipinski definition) is 1. The third-order valence-corrected chi connectivity index (χ3v) is 4.08. The number of methoxy groups -OCH3 is 1. The number of nitro benzene ring substituents is 1. The van der Waals surface area contributed by atoms with E-state index in [1.807, 2.05) is 0 Å². The monoisotopic (exact) mass is 431 g/mol. The summed E-state index contributed by atoms with van der Waals surface area (Å²) in [4.78, 5) is 38.7. The van der Waals surface area contributed by atoms with Crippen molar-refractivity contribution in [3.05, 3.63) is 69.8 Å². The third-order valence-electron chi connectivity index (χ3n) is 3.85. The molecule has 2 aromatic carbocycles. The highest BCUT2D eigenvalue weighted by Gasteiger charge is 2.20. The van der Waals surface area contributed by atoms with Crippen LogP contribution in [0.4, 0.5) is 11.4 Å². The summed E-state index contributed by atoms with van der Waals surface area (Å²) in [6, 6.07) is 8.22. The molecular formula is C18H14ClN5O6. The van der Waals surface area contributed by atoms with Crippen molar-refractivity contribution in [1.29, 1.82) is 0 Å². The first-order valence-electron chi connectivity index (χ1n) is 8.33. The summed E-state index contributed by atoms with van der Waals surface area (Å²) < 4.78 is 11.4. The van der Waals surface area contributed by atoms with Gasteiger partial charge >= 0.3 is 5.97 Å². The lowest BCUT2D eigenvalue weighted by Gasteiger charge is -2.12. The fourth-order valence-corrected chi connectivity index (χ4v) is 2.68. The SMILES string of the molecule is COc1ccc([N+](=O)[O-])cc1C(=O)OCC(=O)Nc1cc(Cl)ccc1-n1cncn1. The smallest absolute Gasteiger partial charge is 0.342 e. The van der Waals surface area contributed by atoms with Crippen molar-refractivity contribution >= 4 is 34.9 Å². The second-order valence-electron chi connectivity index (χ2n) is 5.77. The van der Waals surface area contributed by atoms with Crippen molar-refractivity contribution in [2.24, 2.45) is 0 Å². The molecule has 0 atom stereocenters. The fraction of sp³-hybridized carbons (Fsp3) is 0.111. The van der Waals surface area contributed by atoms with Crippen molar-refractivity contribution in [3.63, 3.8) is 0 Å². The Hall–Kier alpha value is -3.99. The number of carbonyl (C=O) groups is 2. The van der Waals surface area contributed by atoms with Crippen LogP contribution in [0.5, 0.6) is 5.75 Å². The van der Waals surface area contributed by atoms with E-state index in [9.17, 15) is 19.7 Å². The first-order chi connectivity index (χ1) is 14.4. The van der Waals surface area contributed by atoms with Gasteiger partial charge in [0.05, 0.1) is 23.4 Å². The van der Waals surface area contributed by atoms with E-state index in [0.717, 1.165) is 6.07 Å². The molecule has 0 radical (unpaired) electrons. The summed E-state index contributed by atoms with van der Waals surface area (Å²) in [5.41, 5.74) is 0.327. The standard InChI is InChI=1S/C18H14ClN5O6/c1-29-16-5-3-12(24(27)28)7-13(16)18(26)30-8-17(25)22-14-6-11(19)2-4-15(14)23-10-20-9-21-23/h2-7,9-10H,8H2,1H3,(H,22,25). The molecule has 30 heavy (non-hydrogen) atoms. The second kappa shape index (κ2) is 9.01. The Balaban J connectivity index is 1.72. The summed E-state index contributed by atoms with van der Waals surface area (Å²) in [5, 5.41) is 17.9. The number of amides is 1. The number of nitrogens with zero attached hydrogens (tertiary/aromatic N) is 4. The second-order valence-corrected chi connectivity index (χ2v) is 6.20. The van der Waals surface area contributed by atoms with Gasteiger partial charge in [-0.15, -0.1) is 0 Å². The molecule has 0 spiro atoms. The van der Waals surface area contributed by atoms with Gasteiger partial charge in [0.15, 0.2) is 6.61 Å². The Morgan fingerprint density at radius 2 is 2.07 bits per heavy atom. The Morgan fingerprint density at radius 1 is 1.27 bits per heavy atom. The Bertz CT molecular complexity index is 1100. The van der Waals surface area contributed by atoms with E-state index in [4.69, 9.17) is 21.1 Å². The molecule has 1 amide bonds. The molecule has 0 fully saturated rings. The predicted molar refractivity (Wildman–Crippen MR) is 105 cm³/mol. The van der Waals surface area contributed by atoms with E-state index >= 15 is 0 Å². The summed E-state index contributed by atoms with van der Waals surface area (Å²) in [5.74, 6) is -1.53. The number of nitro groups is 1. The number of halogens is 1. The van der Waals surface area contributed by atoms with Gasteiger partial charge in [0, 0.05) is 17.2 Å². The van der Waals surface area contributed by atoms with E-state index in [1.165, 1.54) is 42.6 Å². The van der Waals surface area contributed by atoms with Crippen LogP contribution in [0.3, 0.4) is 0 Å². The quantitative estimate of drug-likeness (QED) is 0.342. The molecule has 0 aliphatic carbocycles. The fourth-order valence-electron chi connectivity index (χ4n) is 2.50. The van der Waals surface area contributed by atoms with Crippen molar-refractivity contribution in [2.75, 3.05) is 19.0 Å². The minimum absolute atomic E-state index is 0.0781. The number of ether oxygens (including phenoxy) is 2. The molecule has 1 aromatic heterocycles. The molecule has 154 valence electrons. The molecule has 0 aliphatic rings. The number of nitrogens with one attached hydrogen (secondary N) is 1. The molecule has 0 unspecified atom stereocenters. The third kappa shape index (κ3) is 4.70. The van der Waals surface area contributed by atoms with Gasteiger partial charge in [-0.2, -0.15) is 5.10 Å². The van der Waals surface area contributed by atoms with Crippen LogP contribution in [0.15, 0.2) is 49.1 Å². The number of benzene rings is 2. The number of aromatic nitrogens is 3. The van der Waals surface area contributed by atoms with Crippen LogP contribution < -0.4 is 10.1 Å². The molecule has 3 aromatic rings. The molecule has 0 saturated heterocycles. The lowest BCUT2D eigenvalue weighted by atomic mass is 10.2. The van der Waals surface area contributed by atoms with Crippen LogP contribution in [0.1, 0.15) is 10.4 Å². The molecule has 0 aliphatic heterocycles. The van der Waals surface area contributed by atoms with Crippen LogP contribution in [0.2, 0.25) is 5.02 Å². The van der Waals surface area contributed by atoms with Gasteiger partial charge in [-0.1, -0.05) is 11.6 Å². The van der Waals surface area contributed by atoms with Crippen molar-refractivity contribution in [1.82, 2.24) is 14.8 Å². The number of esters is 1. The zero-order chi connectivity index (χ0) is 21.7. The maximum absolute atomic E-state index is 12.3. The zero-order valence-corrected chi connectivity index (χ0v) is 16.2. The lowest BCUT2D eigenvalue weighted by Crippen LogP contribution is -2.22. The summed E-state index contributed by atoms with van der Waals surface area (Å²) in [7, 11) is 1.30. The number of rotatable bonds is 7. The average Bonchev–Trinajstić information content (AvgIpc) is 3.26. The first kappa shape index (κ1) is 20.7. The zero-order valence-electron chi connectivity index (χ0n) is 15.4. The van der Waals surface area contributed by atoms with Crippen LogP contribution >= 0.6 is 11.6 Å². The molecule has 1 heterocycles. The predicted octanol–water partition coefficient (Wildman–Crippen LogP) is 2.63. The van der Waals surface area contributed by atoms with Gasteiger partial charge in [0.25, 0.3) is 11.6 Å². The van der Waals surface area contributed by atoms with Gasteiger partial charge in [-0.25, -0.2) is 14.5 Å². The molecule has 3 rings (SSSR count). The van der Waals surface area contributed by atoms with Crippen LogP contribution in [-0.4, -0.2) is 45.3 Å². The molecule has 12 heteroatoms. The Morgan fingerprint density at radius 3 is 2.73 bits per heavy atom. The Kier molecular flexibility index (Phi) is 6.23. The van der Waals surface area contributed by atoms with E-state index in [-0.39, 0.29) is 17.0 Å². The average molecular weight is 432 g/mol. The maximum atomic E-state index is 12.3. The molecule has 0 bridgehead atoms. The minimum atomic E-state index is -0.951. The molecular weight excluding hydrogens is 418 g/mol. The number of carbonyl (C=O) groups excluding carboxylic acids is 2. The lowest BCUT2D eigenvalue weighted by molar-refractivity contribution is -0.384. The first-order valence-corrected chi connectivity index (χ1v) is 8.71. The highest BCUT2D eigenvalue weighted by Crippen LogP contribution is 2.25. The summed E-state index contributed by atoms with van der Waals surface area (Å²) in [6.07, 6.45) is 2.77. The highest BCUT2D eigenvalue weighted by atomic mass is 35.5. The number of non-ortho nitro benzene ring substituents is 1. The van der Waals surface area contributed by atoms with Crippen LogP contribution in [-0.2, 0) is 9.53 Å². The van der Waals surface area contributed by atoms with Gasteiger partial charge in [0.2, 0.25) is 0 Å². The van der Waals surface area contributed by atoms with Crippen molar-refractivity contribution in [3.8, 4) is 11.4 Å². The topological polar surface area (TPSA) is 138 Å². The van der Waals surface area contributed by atoms with Gasteiger partial charge in [-0.3, -0.25) is 14.9 Å². The summed E-state index contributed by atoms with van der Waals surface area (Å²) >= 11 is 5.99. The minimum Gasteiger partial charge on any atom is -0.496 e. The van der Waals surface area contributed by atoms with Gasteiger partial charge in [0.1, 0.15) is 24.0 Å². The van der Waals surface area contributed by atoms with Crippen molar-refractivity contribution < 1.29 is 24.0 Å². The van der Waals surface area contributed by atoms with E-state index in [2.05, 4.69) is 15.4 Å². The van der Waals surface area contributed by atoms with E-state index in [1.54, 1.807) is 12.1 Å². The van der Waals surface area contributed by atoms with Gasteiger partial charge in [-0.05, 0) is 24.3 Å². The number of hydrogen-bond acceptors (Lipinski definition) is 8. The van der Waals surface area contributed by atoms with Gasteiger partial charge < -0.3 is 14.8 Å². The largest absolute Gasteiger partial charge is 0.496 e. The molecule has 0 saturated carbocycles. The Labute approximate surface area is 174 Å². The highest BCUT2D eigenvalue weighted by molar-refractivity contribution is 6.31. The normalized spacial score (nSPS) is 10.3. The molecule has 1 N–H and O–H groups in total.